The van der Waals surface area contributed by atoms with Gasteiger partial charge >= 0.3 is 6.36 Å². The number of hydrogen-bond donors (Lipinski definition) is 1. The minimum absolute atomic E-state index is 0.0556. The van der Waals surface area contributed by atoms with Gasteiger partial charge in [0.25, 0.3) is 5.91 Å². The van der Waals surface area contributed by atoms with Gasteiger partial charge in [0.2, 0.25) is 0 Å². The number of halogens is 3. The molecule has 1 atom stereocenters. The molecule has 1 amide bonds. The van der Waals surface area contributed by atoms with Crippen LogP contribution in [0.1, 0.15) is 30.5 Å². The Morgan fingerprint density at radius 2 is 1.86 bits per heavy atom. The molecule has 152 valence electrons. The van der Waals surface area contributed by atoms with E-state index in [0.29, 0.717) is 5.56 Å². The van der Waals surface area contributed by atoms with E-state index < -0.39 is 35.6 Å². The number of nitrogens with zero attached hydrogens (tertiary/aromatic N) is 1. The highest BCUT2D eigenvalue weighted by Gasteiger charge is 2.44. The summed E-state index contributed by atoms with van der Waals surface area (Å²) in [6.07, 6.45) is -4.84. The summed E-state index contributed by atoms with van der Waals surface area (Å²) < 4.78 is 41.7. The molecule has 0 fully saturated rings. The van der Waals surface area contributed by atoms with Gasteiger partial charge in [-0.25, -0.2) is 0 Å². The highest BCUT2D eigenvalue weighted by atomic mass is 19.4. The van der Waals surface area contributed by atoms with Gasteiger partial charge in [0.05, 0.1) is 11.6 Å². The van der Waals surface area contributed by atoms with Gasteiger partial charge in [0, 0.05) is 18.2 Å². The van der Waals surface area contributed by atoms with Crippen LogP contribution in [0, 0.1) is 6.92 Å². The van der Waals surface area contributed by atoms with E-state index in [-0.39, 0.29) is 17.7 Å². The summed E-state index contributed by atoms with van der Waals surface area (Å²) in [5, 5.41) is 10.4. The molecular formula is C21H18F3NO4. The Labute approximate surface area is 165 Å². The number of carbonyl (C=O) groups is 2. The quantitative estimate of drug-likeness (QED) is 0.778. The number of aliphatic hydroxyl groups excluding tert-OH is 1. The molecule has 29 heavy (non-hydrogen) atoms. The monoisotopic (exact) mass is 405 g/mol. The molecule has 8 heteroatoms. The number of carbonyl (C=O) groups excluding carboxylic acids is 2. The fraction of sp³-hybridized carbons (Fsp3) is 0.238. The molecule has 1 aliphatic rings. The Balaban J connectivity index is 2.13. The van der Waals surface area contributed by atoms with Crippen molar-refractivity contribution < 1.29 is 32.6 Å². The zero-order chi connectivity index (χ0) is 21.3. The second-order valence-corrected chi connectivity index (χ2v) is 6.58. The first-order valence-corrected chi connectivity index (χ1v) is 8.84. The number of ether oxygens (including phenoxy) is 1. The molecule has 5 nitrogen and oxygen atoms in total. The van der Waals surface area contributed by atoms with E-state index in [0.717, 1.165) is 22.6 Å². The second kappa shape index (κ2) is 7.62. The molecule has 0 saturated carbocycles. The maximum atomic E-state index is 12.8. The van der Waals surface area contributed by atoms with E-state index in [1.54, 1.807) is 25.1 Å². The molecular weight excluding hydrogens is 387 g/mol. The fourth-order valence-corrected chi connectivity index (χ4v) is 3.33. The van der Waals surface area contributed by atoms with Crippen LogP contribution in [0.4, 0.5) is 18.9 Å². The number of aliphatic hydroxyl groups is 1. The van der Waals surface area contributed by atoms with Crippen molar-refractivity contribution in [2.24, 2.45) is 0 Å². The Hall–Kier alpha value is -3.29. The number of rotatable bonds is 5. The molecule has 2 aromatic rings. The molecule has 0 bridgehead atoms. The average molecular weight is 405 g/mol. The molecule has 1 aliphatic heterocycles. The number of alkyl halides is 3. The van der Waals surface area contributed by atoms with Crippen molar-refractivity contribution >= 4 is 17.4 Å². The van der Waals surface area contributed by atoms with Crippen LogP contribution in [0.5, 0.6) is 5.75 Å². The van der Waals surface area contributed by atoms with Gasteiger partial charge in [-0.05, 0) is 24.6 Å². The highest BCUT2D eigenvalue weighted by Crippen LogP contribution is 2.42. The van der Waals surface area contributed by atoms with Crippen LogP contribution in [0.3, 0.4) is 0 Å². The lowest BCUT2D eigenvalue weighted by Crippen LogP contribution is -2.31. The molecule has 1 N–H and O–H groups in total. The number of ketones is 1. The molecule has 2 aromatic carbocycles. The Morgan fingerprint density at radius 1 is 1.17 bits per heavy atom. The topological polar surface area (TPSA) is 66.8 Å². The summed E-state index contributed by atoms with van der Waals surface area (Å²) >= 11 is 0. The maximum absolute atomic E-state index is 12.8. The summed E-state index contributed by atoms with van der Waals surface area (Å²) in [6.45, 7) is 3.42. The number of hydrogen-bond acceptors (Lipinski definition) is 4. The molecule has 3 rings (SSSR count). The van der Waals surface area contributed by atoms with E-state index in [1.807, 2.05) is 13.0 Å². The maximum Gasteiger partial charge on any atom is 0.573 e. The van der Waals surface area contributed by atoms with Gasteiger partial charge in [0.1, 0.15) is 5.75 Å². The Morgan fingerprint density at radius 3 is 2.48 bits per heavy atom. The van der Waals surface area contributed by atoms with Crippen molar-refractivity contribution in [3.63, 3.8) is 0 Å². The number of Topliss-reactive ketones (excluding diaryl/α,β-unsaturated/α-hetero) is 1. The van der Waals surface area contributed by atoms with Gasteiger partial charge in [-0.15, -0.1) is 13.2 Å². The number of amides is 1. The van der Waals surface area contributed by atoms with E-state index in [4.69, 9.17) is 0 Å². The minimum Gasteiger partial charge on any atom is -0.503 e. The number of benzene rings is 2. The highest BCUT2D eigenvalue weighted by molar-refractivity contribution is 6.16. The van der Waals surface area contributed by atoms with Crippen molar-refractivity contribution in [1.29, 1.82) is 0 Å². The SMILES string of the molecule is CCC(=O)C1=C(O)C(=O)N(c2cccc(OC(F)(F)F)c2)C1c1cccc(C)c1. The van der Waals surface area contributed by atoms with Gasteiger partial charge in [-0.3, -0.25) is 14.5 Å². The predicted molar refractivity (Wildman–Crippen MR) is 99.5 cm³/mol. The van der Waals surface area contributed by atoms with Crippen molar-refractivity contribution in [2.45, 2.75) is 32.7 Å². The van der Waals surface area contributed by atoms with Gasteiger partial charge in [-0.2, -0.15) is 0 Å². The summed E-state index contributed by atoms with van der Waals surface area (Å²) in [4.78, 5) is 26.4. The zero-order valence-electron chi connectivity index (χ0n) is 15.7. The van der Waals surface area contributed by atoms with Crippen LogP contribution >= 0.6 is 0 Å². The van der Waals surface area contributed by atoms with Crippen LogP contribution in [-0.4, -0.2) is 23.2 Å². The number of aryl methyl sites for hydroxylation is 1. The van der Waals surface area contributed by atoms with Crippen LogP contribution in [0.2, 0.25) is 0 Å². The van der Waals surface area contributed by atoms with E-state index in [1.165, 1.54) is 12.1 Å². The average Bonchev–Trinajstić information content (AvgIpc) is 2.91. The van der Waals surface area contributed by atoms with E-state index in [9.17, 15) is 27.9 Å². The standard InChI is InChI=1S/C21H18F3NO4/c1-3-16(26)17-18(13-7-4-6-12(2)10-13)25(20(28)19(17)27)14-8-5-9-15(11-14)29-21(22,23)24/h4-11,18,27H,3H2,1-2H3. The molecule has 0 aliphatic carbocycles. The third kappa shape index (κ3) is 4.11. The molecule has 0 radical (unpaired) electrons. The van der Waals surface area contributed by atoms with E-state index in [2.05, 4.69) is 4.74 Å². The summed E-state index contributed by atoms with van der Waals surface area (Å²) in [5.41, 5.74) is 1.40. The van der Waals surface area contributed by atoms with Crippen molar-refractivity contribution in [2.75, 3.05) is 4.90 Å². The summed E-state index contributed by atoms with van der Waals surface area (Å²) in [7, 11) is 0. The molecule has 0 spiro atoms. The van der Waals surface area contributed by atoms with E-state index >= 15 is 0 Å². The molecule has 0 aromatic heterocycles. The molecule has 0 saturated heterocycles. The third-order valence-electron chi connectivity index (χ3n) is 4.52. The first kappa shape index (κ1) is 20.4. The molecule has 1 heterocycles. The van der Waals surface area contributed by atoms with Gasteiger partial charge in [0.15, 0.2) is 11.5 Å². The third-order valence-corrected chi connectivity index (χ3v) is 4.52. The van der Waals surface area contributed by atoms with Crippen molar-refractivity contribution in [3.05, 3.63) is 71.0 Å². The van der Waals surface area contributed by atoms with Crippen LogP contribution in [0.15, 0.2) is 59.9 Å². The first-order chi connectivity index (χ1) is 13.6. The predicted octanol–water partition coefficient (Wildman–Crippen LogP) is 4.77. The Bertz CT molecular complexity index is 997. The van der Waals surface area contributed by atoms with Crippen molar-refractivity contribution in [1.82, 2.24) is 0 Å². The van der Waals surface area contributed by atoms with Crippen LogP contribution in [0.25, 0.3) is 0 Å². The molecule has 1 unspecified atom stereocenters. The largest absolute Gasteiger partial charge is 0.573 e. The smallest absolute Gasteiger partial charge is 0.503 e. The summed E-state index contributed by atoms with van der Waals surface area (Å²) in [5.74, 6) is -2.50. The lowest BCUT2D eigenvalue weighted by molar-refractivity contribution is -0.274. The first-order valence-electron chi connectivity index (χ1n) is 8.84. The zero-order valence-corrected chi connectivity index (χ0v) is 15.7. The van der Waals surface area contributed by atoms with Crippen LogP contribution < -0.4 is 9.64 Å². The fourth-order valence-electron chi connectivity index (χ4n) is 3.33. The van der Waals surface area contributed by atoms with Gasteiger partial charge < -0.3 is 9.84 Å². The normalized spacial score (nSPS) is 17.1. The number of anilines is 1. The van der Waals surface area contributed by atoms with Crippen LogP contribution in [-0.2, 0) is 9.59 Å². The lowest BCUT2D eigenvalue weighted by Gasteiger charge is -2.27. The Kier molecular flexibility index (Phi) is 5.37. The van der Waals surface area contributed by atoms with Gasteiger partial charge in [-0.1, -0.05) is 42.8 Å². The second-order valence-electron chi connectivity index (χ2n) is 6.58. The summed E-state index contributed by atoms with van der Waals surface area (Å²) in [6, 6.07) is 10.9. The van der Waals surface area contributed by atoms with Crippen molar-refractivity contribution in [3.8, 4) is 5.75 Å². The minimum atomic E-state index is -4.90. The lowest BCUT2D eigenvalue weighted by atomic mass is 9.94.